The Labute approximate surface area is 172 Å². The van der Waals surface area contributed by atoms with Gasteiger partial charge >= 0.3 is 0 Å². The van der Waals surface area contributed by atoms with Gasteiger partial charge in [0.05, 0.1) is 12.5 Å². The Morgan fingerprint density at radius 1 is 0.833 bits per heavy atom. The molecule has 0 radical (unpaired) electrons. The number of rotatable bonds is 3. The molecule has 0 N–H and O–H groups in total. The summed E-state index contributed by atoms with van der Waals surface area (Å²) in [6.45, 7) is 1.16. The van der Waals surface area contributed by atoms with E-state index in [4.69, 9.17) is 0 Å². The highest BCUT2D eigenvalue weighted by Crippen LogP contribution is 2.26. The van der Waals surface area contributed by atoms with Gasteiger partial charge in [0.1, 0.15) is 5.69 Å². The molecule has 1 aliphatic heterocycles. The van der Waals surface area contributed by atoms with Crippen molar-refractivity contribution < 1.29 is 13.6 Å². The molecule has 0 spiro atoms. The van der Waals surface area contributed by atoms with Crippen LogP contribution in [0.3, 0.4) is 0 Å². The average Bonchev–Trinajstić information content (AvgIpc) is 3.42. The van der Waals surface area contributed by atoms with Gasteiger partial charge in [0, 0.05) is 18.8 Å². The first-order valence-corrected chi connectivity index (χ1v) is 9.54. The second-order valence-electron chi connectivity index (χ2n) is 7.25. The number of hydrogen-bond donors (Lipinski definition) is 0. The second-order valence-corrected chi connectivity index (χ2v) is 7.25. The van der Waals surface area contributed by atoms with Gasteiger partial charge in [0.2, 0.25) is 0 Å². The second kappa shape index (κ2) is 7.22. The SMILES string of the molecule is O=C(c1cncn1-c1ccc(-c2ccc(F)c(F)c2)cc1)N1Cc2ccccc2C1. The first kappa shape index (κ1) is 18.2. The Bertz CT molecular complexity index is 1220. The topological polar surface area (TPSA) is 38.1 Å². The molecule has 30 heavy (non-hydrogen) atoms. The summed E-state index contributed by atoms with van der Waals surface area (Å²) in [6.07, 6.45) is 3.16. The van der Waals surface area contributed by atoms with Gasteiger partial charge in [0.15, 0.2) is 11.6 Å². The number of carbonyl (C=O) groups excluding carboxylic acids is 1. The normalized spacial score (nSPS) is 12.8. The van der Waals surface area contributed by atoms with Crippen molar-refractivity contribution in [2.75, 3.05) is 0 Å². The Balaban J connectivity index is 1.41. The van der Waals surface area contributed by atoms with Gasteiger partial charge in [-0.2, -0.15) is 0 Å². The largest absolute Gasteiger partial charge is 0.329 e. The number of nitrogens with zero attached hydrogens (tertiary/aromatic N) is 3. The zero-order chi connectivity index (χ0) is 20.7. The van der Waals surface area contributed by atoms with E-state index in [9.17, 15) is 13.6 Å². The predicted octanol–water partition coefficient (Wildman–Crippen LogP) is 4.97. The van der Waals surface area contributed by atoms with E-state index in [0.717, 1.165) is 28.4 Å². The van der Waals surface area contributed by atoms with Crippen LogP contribution in [0.15, 0.2) is 79.3 Å². The zero-order valence-electron chi connectivity index (χ0n) is 15.9. The van der Waals surface area contributed by atoms with E-state index in [-0.39, 0.29) is 5.91 Å². The van der Waals surface area contributed by atoms with Crippen LogP contribution in [-0.4, -0.2) is 20.4 Å². The van der Waals surface area contributed by atoms with Gasteiger partial charge in [-0.15, -0.1) is 0 Å². The number of carbonyl (C=O) groups is 1. The molecule has 6 heteroatoms. The number of benzene rings is 3. The Kier molecular flexibility index (Phi) is 4.39. The van der Waals surface area contributed by atoms with Crippen molar-refractivity contribution in [3.05, 3.63) is 108 Å². The molecule has 0 aliphatic carbocycles. The molecule has 0 saturated carbocycles. The Morgan fingerprint density at radius 2 is 1.50 bits per heavy atom. The third kappa shape index (κ3) is 3.16. The monoisotopic (exact) mass is 401 g/mol. The molecule has 4 nitrogen and oxygen atoms in total. The zero-order valence-corrected chi connectivity index (χ0v) is 15.9. The predicted molar refractivity (Wildman–Crippen MR) is 109 cm³/mol. The molecule has 1 aliphatic rings. The number of halogens is 2. The molecular formula is C24H17F2N3O. The third-order valence-electron chi connectivity index (χ3n) is 5.38. The van der Waals surface area contributed by atoms with Crippen LogP contribution in [0.5, 0.6) is 0 Å². The van der Waals surface area contributed by atoms with Crippen molar-refractivity contribution in [3.63, 3.8) is 0 Å². The van der Waals surface area contributed by atoms with E-state index >= 15 is 0 Å². The van der Waals surface area contributed by atoms with Crippen LogP contribution in [0, 0.1) is 11.6 Å². The maximum absolute atomic E-state index is 13.5. The van der Waals surface area contributed by atoms with Crippen LogP contribution in [0.2, 0.25) is 0 Å². The lowest BCUT2D eigenvalue weighted by atomic mass is 10.1. The van der Waals surface area contributed by atoms with Crippen LogP contribution in [0.4, 0.5) is 8.78 Å². The molecule has 0 atom stereocenters. The van der Waals surface area contributed by atoms with Crippen LogP contribution < -0.4 is 0 Å². The summed E-state index contributed by atoms with van der Waals surface area (Å²) in [5, 5.41) is 0. The molecule has 1 aromatic heterocycles. The van der Waals surface area contributed by atoms with Crippen LogP contribution in [0.1, 0.15) is 21.6 Å². The lowest BCUT2D eigenvalue weighted by molar-refractivity contribution is 0.0743. The van der Waals surface area contributed by atoms with Crippen molar-refractivity contribution >= 4 is 5.91 Å². The van der Waals surface area contributed by atoms with Gasteiger partial charge in [0.25, 0.3) is 5.91 Å². The highest BCUT2D eigenvalue weighted by atomic mass is 19.2. The van der Waals surface area contributed by atoms with E-state index in [2.05, 4.69) is 4.98 Å². The molecule has 0 unspecified atom stereocenters. The minimum absolute atomic E-state index is 0.0895. The molecule has 4 aromatic rings. The van der Waals surface area contributed by atoms with E-state index in [1.807, 2.05) is 48.5 Å². The van der Waals surface area contributed by atoms with Crippen molar-refractivity contribution in [1.82, 2.24) is 14.5 Å². The number of imidazole rings is 1. The minimum Gasteiger partial charge on any atom is -0.329 e. The van der Waals surface area contributed by atoms with Crippen molar-refractivity contribution in [2.24, 2.45) is 0 Å². The van der Waals surface area contributed by atoms with Crippen molar-refractivity contribution in [2.45, 2.75) is 13.1 Å². The molecule has 0 saturated heterocycles. The van der Waals surface area contributed by atoms with Crippen LogP contribution in [-0.2, 0) is 13.1 Å². The summed E-state index contributed by atoms with van der Waals surface area (Å²) in [4.78, 5) is 19.1. The number of hydrogen-bond acceptors (Lipinski definition) is 2. The summed E-state index contributed by atoms with van der Waals surface area (Å²) in [7, 11) is 0. The number of fused-ring (bicyclic) bond motifs is 1. The maximum atomic E-state index is 13.5. The van der Waals surface area contributed by atoms with E-state index < -0.39 is 11.6 Å². The highest BCUT2D eigenvalue weighted by molar-refractivity contribution is 5.93. The van der Waals surface area contributed by atoms with Crippen LogP contribution in [0.25, 0.3) is 16.8 Å². The summed E-state index contributed by atoms with van der Waals surface area (Å²) >= 11 is 0. The van der Waals surface area contributed by atoms with Crippen molar-refractivity contribution in [3.8, 4) is 16.8 Å². The van der Waals surface area contributed by atoms with E-state index in [1.54, 1.807) is 22.0 Å². The number of amides is 1. The van der Waals surface area contributed by atoms with E-state index in [0.29, 0.717) is 24.3 Å². The summed E-state index contributed by atoms with van der Waals surface area (Å²) in [5.41, 5.74) is 4.89. The minimum atomic E-state index is -0.884. The van der Waals surface area contributed by atoms with Crippen molar-refractivity contribution in [1.29, 1.82) is 0 Å². The summed E-state index contributed by atoms with van der Waals surface area (Å²) in [6, 6.07) is 19.1. The molecular weight excluding hydrogens is 384 g/mol. The van der Waals surface area contributed by atoms with Gasteiger partial charge < -0.3 is 4.90 Å². The first-order valence-electron chi connectivity index (χ1n) is 9.54. The van der Waals surface area contributed by atoms with Gasteiger partial charge in [-0.05, 0) is 46.5 Å². The van der Waals surface area contributed by atoms with Gasteiger partial charge in [-0.3, -0.25) is 9.36 Å². The van der Waals surface area contributed by atoms with Gasteiger partial charge in [-0.25, -0.2) is 13.8 Å². The fourth-order valence-corrected chi connectivity index (χ4v) is 3.79. The highest BCUT2D eigenvalue weighted by Gasteiger charge is 2.26. The van der Waals surface area contributed by atoms with Crippen LogP contribution >= 0.6 is 0 Å². The van der Waals surface area contributed by atoms with Gasteiger partial charge in [-0.1, -0.05) is 42.5 Å². The fourth-order valence-electron chi connectivity index (χ4n) is 3.79. The molecule has 2 heterocycles. The standard InChI is InChI=1S/C24H17F2N3O/c25-21-10-7-17(11-22(21)26)16-5-8-20(9-6-16)29-15-27-12-23(29)24(30)28-13-18-3-1-2-4-19(18)14-28/h1-12,15H,13-14H2. The lowest BCUT2D eigenvalue weighted by Crippen LogP contribution is -2.27. The maximum Gasteiger partial charge on any atom is 0.273 e. The quantitative estimate of drug-likeness (QED) is 0.486. The first-order chi connectivity index (χ1) is 14.6. The Hall–Kier alpha value is -3.80. The third-order valence-corrected chi connectivity index (χ3v) is 5.38. The van der Waals surface area contributed by atoms with E-state index in [1.165, 1.54) is 12.1 Å². The summed E-state index contributed by atoms with van der Waals surface area (Å²) in [5.74, 6) is -1.85. The lowest BCUT2D eigenvalue weighted by Gasteiger charge is -2.16. The molecule has 148 valence electrons. The smallest absolute Gasteiger partial charge is 0.273 e. The molecule has 3 aromatic carbocycles. The summed E-state index contributed by atoms with van der Waals surface area (Å²) < 4.78 is 28.4. The average molecular weight is 401 g/mol. The molecule has 1 amide bonds. The molecule has 5 rings (SSSR count). The Morgan fingerprint density at radius 3 is 2.17 bits per heavy atom. The molecule has 0 fully saturated rings. The number of aromatic nitrogens is 2. The fraction of sp³-hybridized carbons (Fsp3) is 0.0833. The molecule has 0 bridgehead atoms.